The zero-order valence-electron chi connectivity index (χ0n) is 10.2. The molecule has 1 heterocycles. The largest absolute Gasteiger partial charge is 0.467 e. The molecule has 0 spiro atoms. The molecular weight excluding hydrogens is 214 g/mol. The van der Waals surface area contributed by atoms with E-state index < -0.39 is 11.5 Å². The molecule has 92 valence electrons. The van der Waals surface area contributed by atoms with Crippen LogP contribution in [0.1, 0.15) is 50.9 Å². The van der Waals surface area contributed by atoms with E-state index in [0.717, 1.165) is 25.7 Å². The Morgan fingerprint density at radius 3 is 2.76 bits per heavy atom. The molecule has 1 fully saturated rings. The molecule has 1 N–H and O–H groups in total. The van der Waals surface area contributed by atoms with Gasteiger partial charge in [-0.2, -0.15) is 5.26 Å². The van der Waals surface area contributed by atoms with E-state index in [9.17, 15) is 10.4 Å². The molecule has 0 bridgehead atoms. The summed E-state index contributed by atoms with van der Waals surface area (Å²) in [7, 11) is 0. The lowest BCUT2D eigenvalue weighted by molar-refractivity contribution is 0.00960. The third-order valence-corrected chi connectivity index (χ3v) is 4.13. The Hall–Kier alpha value is -1.27. The summed E-state index contributed by atoms with van der Waals surface area (Å²) in [6, 6.07) is 5.84. The van der Waals surface area contributed by atoms with Gasteiger partial charge in [-0.1, -0.05) is 13.3 Å². The normalized spacial score (nSPS) is 30.8. The molecule has 1 unspecified atom stereocenters. The second kappa shape index (κ2) is 4.93. The smallest absolute Gasteiger partial charge is 0.133 e. The van der Waals surface area contributed by atoms with Crippen LogP contribution in [0.15, 0.2) is 22.8 Å². The minimum atomic E-state index is -0.791. The molecule has 0 aromatic carbocycles. The average molecular weight is 233 g/mol. The van der Waals surface area contributed by atoms with Crippen molar-refractivity contribution in [2.45, 2.75) is 45.1 Å². The zero-order chi connectivity index (χ0) is 12.3. The molecule has 1 saturated carbocycles. The van der Waals surface area contributed by atoms with Gasteiger partial charge in [-0.3, -0.25) is 0 Å². The first-order valence-corrected chi connectivity index (χ1v) is 6.34. The Bertz CT molecular complexity index is 383. The number of aliphatic hydroxyl groups excluding tert-OH is 1. The fourth-order valence-corrected chi connectivity index (χ4v) is 2.77. The Balaban J connectivity index is 2.14. The topological polar surface area (TPSA) is 57.2 Å². The molecule has 1 aliphatic carbocycles. The highest BCUT2D eigenvalue weighted by molar-refractivity contribution is 5.14. The Morgan fingerprint density at radius 2 is 2.29 bits per heavy atom. The lowest BCUT2D eigenvalue weighted by Gasteiger charge is -2.37. The molecule has 3 heteroatoms. The van der Waals surface area contributed by atoms with Gasteiger partial charge in [0.25, 0.3) is 0 Å². The van der Waals surface area contributed by atoms with E-state index in [4.69, 9.17) is 4.42 Å². The lowest BCUT2D eigenvalue weighted by Crippen LogP contribution is -2.32. The fourth-order valence-electron chi connectivity index (χ4n) is 2.77. The van der Waals surface area contributed by atoms with E-state index in [2.05, 4.69) is 13.0 Å². The zero-order valence-corrected chi connectivity index (χ0v) is 10.2. The van der Waals surface area contributed by atoms with Gasteiger partial charge in [-0.25, -0.2) is 0 Å². The van der Waals surface area contributed by atoms with Gasteiger partial charge < -0.3 is 9.52 Å². The number of aliphatic hydroxyl groups is 1. The van der Waals surface area contributed by atoms with Crippen LogP contribution in [-0.4, -0.2) is 5.11 Å². The molecule has 0 radical (unpaired) electrons. The maximum atomic E-state index is 10.3. The van der Waals surface area contributed by atoms with Crippen LogP contribution in [0.5, 0.6) is 0 Å². The standard InChI is InChI=1S/C14H19NO2/c1-2-11-5-7-14(10-15,8-6-11)13(16)12-4-3-9-17-12/h3-4,9,11,13,16H,2,5-8H2,1H3. The predicted molar refractivity (Wildman–Crippen MR) is 64.0 cm³/mol. The summed E-state index contributed by atoms with van der Waals surface area (Å²) in [5.41, 5.74) is -0.649. The molecule has 1 atom stereocenters. The highest BCUT2D eigenvalue weighted by Crippen LogP contribution is 2.47. The van der Waals surface area contributed by atoms with Gasteiger partial charge in [0.15, 0.2) is 0 Å². The fraction of sp³-hybridized carbons (Fsp3) is 0.643. The molecular formula is C14H19NO2. The maximum Gasteiger partial charge on any atom is 0.133 e. The molecule has 0 amide bonds. The summed E-state index contributed by atoms with van der Waals surface area (Å²) in [6.45, 7) is 2.19. The molecule has 0 aliphatic heterocycles. The molecule has 0 saturated heterocycles. The summed E-state index contributed by atoms with van der Waals surface area (Å²) in [5.74, 6) is 1.22. The monoisotopic (exact) mass is 233 g/mol. The van der Waals surface area contributed by atoms with Crippen molar-refractivity contribution in [3.63, 3.8) is 0 Å². The summed E-state index contributed by atoms with van der Waals surface area (Å²) >= 11 is 0. The lowest BCUT2D eigenvalue weighted by atomic mass is 9.67. The van der Waals surface area contributed by atoms with Crippen LogP contribution < -0.4 is 0 Å². The van der Waals surface area contributed by atoms with Crippen molar-refractivity contribution in [2.24, 2.45) is 11.3 Å². The minimum Gasteiger partial charge on any atom is -0.467 e. The number of hydrogen-bond acceptors (Lipinski definition) is 3. The number of rotatable bonds is 3. The van der Waals surface area contributed by atoms with Crippen LogP contribution in [-0.2, 0) is 0 Å². The second-order valence-corrected chi connectivity index (χ2v) is 5.04. The van der Waals surface area contributed by atoms with Gasteiger partial charge in [-0.05, 0) is 43.7 Å². The van der Waals surface area contributed by atoms with Crippen molar-refractivity contribution in [2.75, 3.05) is 0 Å². The van der Waals surface area contributed by atoms with Gasteiger partial charge in [-0.15, -0.1) is 0 Å². The van der Waals surface area contributed by atoms with E-state index in [1.54, 1.807) is 18.4 Å². The summed E-state index contributed by atoms with van der Waals surface area (Å²) in [5, 5.41) is 19.7. The molecule has 3 nitrogen and oxygen atoms in total. The van der Waals surface area contributed by atoms with Gasteiger partial charge in [0.05, 0.1) is 17.7 Å². The van der Waals surface area contributed by atoms with Crippen molar-refractivity contribution >= 4 is 0 Å². The first kappa shape index (κ1) is 12.2. The SMILES string of the molecule is CCC1CCC(C#N)(C(O)c2ccco2)CC1. The minimum absolute atomic E-state index is 0.515. The van der Waals surface area contributed by atoms with Gasteiger partial charge in [0.1, 0.15) is 11.9 Å². The Morgan fingerprint density at radius 1 is 1.59 bits per heavy atom. The van der Waals surface area contributed by atoms with Crippen LogP contribution in [0, 0.1) is 22.7 Å². The van der Waals surface area contributed by atoms with Crippen LogP contribution in [0.25, 0.3) is 0 Å². The van der Waals surface area contributed by atoms with Gasteiger partial charge in [0.2, 0.25) is 0 Å². The molecule has 1 aromatic rings. The molecule has 1 aromatic heterocycles. The van der Waals surface area contributed by atoms with Crippen molar-refractivity contribution in [1.82, 2.24) is 0 Å². The third kappa shape index (κ3) is 2.23. The average Bonchev–Trinajstić information content (AvgIpc) is 2.92. The van der Waals surface area contributed by atoms with Crippen molar-refractivity contribution in [1.29, 1.82) is 5.26 Å². The van der Waals surface area contributed by atoms with Crippen molar-refractivity contribution in [3.05, 3.63) is 24.2 Å². The molecule has 1 aliphatic rings. The van der Waals surface area contributed by atoms with E-state index >= 15 is 0 Å². The third-order valence-electron chi connectivity index (χ3n) is 4.13. The first-order valence-electron chi connectivity index (χ1n) is 6.34. The number of hydrogen-bond donors (Lipinski definition) is 1. The predicted octanol–water partition coefficient (Wildman–Crippen LogP) is 3.42. The highest BCUT2D eigenvalue weighted by Gasteiger charge is 2.43. The quantitative estimate of drug-likeness (QED) is 0.870. The van der Waals surface area contributed by atoms with E-state index in [1.165, 1.54) is 6.42 Å². The summed E-state index contributed by atoms with van der Waals surface area (Å²) < 4.78 is 5.23. The van der Waals surface area contributed by atoms with Crippen LogP contribution >= 0.6 is 0 Å². The van der Waals surface area contributed by atoms with Crippen molar-refractivity contribution < 1.29 is 9.52 Å². The van der Waals surface area contributed by atoms with Crippen LogP contribution in [0.2, 0.25) is 0 Å². The number of nitrogens with zero attached hydrogens (tertiary/aromatic N) is 1. The number of nitriles is 1. The van der Waals surface area contributed by atoms with Gasteiger partial charge in [0, 0.05) is 0 Å². The second-order valence-electron chi connectivity index (χ2n) is 5.04. The summed E-state index contributed by atoms with van der Waals surface area (Å²) in [4.78, 5) is 0. The van der Waals surface area contributed by atoms with Crippen LogP contribution in [0.3, 0.4) is 0 Å². The molecule has 2 rings (SSSR count). The first-order chi connectivity index (χ1) is 8.22. The van der Waals surface area contributed by atoms with E-state index in [-0.39, 0.29) is 0 Å². The summed E-state index contributed by atoms with van der Waals surface area (Å²) in [6.07, 6.45) is 5.51. The highest BCUT2D eigenvalue weighted by atomic mass is 16.4. The van der Waals surface area contributed by atoms with E-state index in [1.807, 2.05) is 0 Å². The number of furan rings is 1. The Kier molecular flexibility index (Phi) is 3.54. The van der Waals surface area contributed by atoms with E-state index in [0.29, 0.717) is 11.7 Å². The maximum absolute atomic E-state index is 10.3. The van der Waals surface area contributed by atoms with Crippen molar-refractivity contribution in [3.8, 4) is 6.07 Å². The molecule has 17 heavy (non-hydrogen) atoms. The Labute approximate surface area is 102 Å². The van der Waals surface area contributed by atoms with Crippen LogP contribution in [0.4, 0.5) is 0 Å². The van der Waals surface area contributed by atoms with Gasteiger partial charge >= 0.3 is 0 Å².